The maximum atomic E-state index is 8.81. The lowest BCUT2D eigenvalue weighted by Crippen LogP contribution is -2.45. The van der Waals surface area contributed by atoms with Crippen LogP contribution in [0.15, 0.2) is 67.0 Å². The van der Waals surface area contributed by atoms with E-state index >= 15 is 0 Å². The third-order valence-electron chi connectivity index (χ3n) is 6.54. The molecule has 8 nitrogen and oxygen atoms in total. The van der Waals surface area contributed by atoms with Gasteiger partial charge in [-0.25, -0.2) is 15.0 Å². The largest absolute Gasteiger partial charge is 0.383 e. The molecule has 5 rings (SSSR count). The number of rotatable bonds is 6. The van der Waals surface area contributed by atoms with E-state index in [4.69, 9.17) is 16.1 Å². The molecule has 1 aliphatic heterocycles. The Hall–Kier alpha value is -4.04. The highest BCUT2D eigenvalue weighted by molar-refractivity contribution is 6.16. The predicted octanol–water partition coefficient (Wildman–Crippen LogP) is 3.95. The number of fused-ring (bicyclic) bond motifs is 1. The number of nitrogen functional groups attached to an aromatic ring is 1. The van der Waals surface area contributed by atoms with E-state index in [9.17, 15) is 0 Å². The minimum absolute atomic E-state index is 0.126. The number of para-hydroxylation sites is 1. The zero-order valence-electron chi connectivity index (χ0n) is 20.1. The quantitative estimate of drug-likeness (QED) is 0.369. The molecule has 1 fully saturated rings. The average Bonchev–Trinajstić information content (AvgIpc) is 2.88. The molecule has 4 aromatic rings. The van der Waals surface area contributed by atoms with Crippen LogP contribution in [0.25, 0.3) is 10.9 Å². The van der Waals surface area contributed by atoms with Crippen molar-refractivity contribution in [3.05, 3.63) is 83.7 Å². The Labute approximate surface area is 205 Å². The van der Waals surface area contributed by atoms with Gasteiger partial charge in [0.2, 0.25) is 0 Å². The van der Waals surface area contributed by atoms with Gasteiger partial charge in [0.05, 0.1) is 22.8 Å². The summed E-state index contributed by atoms with van der Waals surface area (Å²) in [5.74, 6) is 1.80. The molecule has 0 aliphatic carbocycles. The molecule has 8 heteroatoms. The molecule has 0 amide bonds. The van der Waals surface area contributed by atoms with E-state index in [-0.39, 0.29) is 17.6 Å². The van der Waals surface area contributed by atoms with Gasteiger partial charge in [0.15, 0.2) is 0 Å². The van der Waals surface area contributed by atoms with Crippen LogP contribution in [0.1, 0.15) is 29.7 Å². The lowest BCUT2D eigenvalue weighted by molar-refractivity contribution is 0.312. The first kappa shape index (κ1) is 22.7. The predicted molar refractivity (Wildman–Crippen MR) is 142 cm³/mol. The number of benzene rings is 2. The topological polar surface area (TPSA) is 107 Å². The maximum absolute atomic E-state index is 8.81. The Balaban J connectivity index is 1.53. The van der Waals surface area contributed by atoms with Crippen molar-refractivity contribution in [2.75, 3.05) is 49.2 Å². The summed E-state index contributed by atoms with van der Waals surface area (Å²) in [6.45, 7) is 5.94. The van der Waals surface area contributed by atoms with Gasteiger partial charge in [0.1, 0.15) is 23.8 Å². The van der Waals surface area contributed by atoms with Crippen molar-refractivity contribution in [3.63, 3.8) is 0 Å². The first-order valence-electron chi connectivity index (χ1n) is 11.9. The van der Waals surface area contributed by atoms with E-state index in [2.05, 4.69) is 57.3 Å². The smallest absolute Gasteiger partial charge is 0.141 e. The lowest BCUT2D eigenvalue weighted by atomic mass is 10.0. The first-order chi connectivity index (χ1) is 17.0. The molecule has 1 saturated heterocycles. The van der Waals surface area contributed by atoms with Gasteiger partial charge in [-0.2, -0.15) is 0 Å². The molecule has 4 N–H and O–H groups in total. The third kappa shape index (κ3) is 4.65. The average molecular weight is 467 g/mol. The molecule has 2 aromatic heterocycles. The highest BCUT2D eigenvalue weighted by Gasteiger charge is 2.24. The van der Waals surface area contributed by atoms with Gasteiger partial charge in [-0.05, 0) is 26.1 Å². The Morgan fingerprint density at radius 1 is 1.00 bits per heavy atom. The van der Waals surface area contributed by atoms with Gasteiger partial charge >= 0.3 is 0 Å². The number of aromatic nitrogens is 3. The van der Waals surface area contributed by atoms with Crippen molar-refractivity contribution in [3.8, 4) is 0 Å². The fourth-order valence-electron chi connectivity index (χ4n) is 4.50. The Morgan fingerprint density at radius 2 is 1.71 bits per heavy atom. The summed E-state index contributed by atoms with van der Waals surface area (Å²) in [7, 11) is 2.15. The number of hydrogen-bond donors (Lipinski definition) is 3. The second-order valence-corrected chi connectivity index (χ2v) is 8.97. The number of likely N-dealkylation sites (N-methyl/N-ethyl adjacent to an activating group) is 1. The van der Waals surface area contributed by atoms with Crippen LogP contribution in [0, 0.1) is 5.41 Å². The van der Waals surface area contributed by atoms with E-state index in [1.165, 1.54) is 6.33 Å². The van der Waals surface area contributed by atoms with Crippen molar-refractivity contribution in [1.82, 2.24) is 19.9 Å². The summed E-state index contributed by atoms with van der Waals surface area (Å²) < 4.78 is 0. The minimum atomic E-state index is -0.126. The van der Waals surface area contributed by atoms with Crippen LogP contribution in [0.2, 0.25) is 0 Å². The Kier molecular flexibility index (Phi) is 6.29. The van der Waals surface area contributed by atoms with Crippen molar-refractivity contribution in [2.24, 2.45) is 0 Å². The van der Waals surface area contributed by atoms with Gasteiger partial charge in [-0.15, -0.1) is 0 Å². The standard InChI is InChI=1S/C27H30N8/c1-18(32-26-23(25(29)30-17-31-26)24(28)19-8-4-3-5-9-19)21-16-20-10-6-7-11-22(20)33-27(21)35-14-12-34(2)13-15-35/h3-11,16-18,28H,12-15H2,1-2H3,(H3,29,30,31,32). The van der Waals surface area contributed by atoms with Crippen LogP contribution in [-0.4, -0.2) is 58.8 Å². The molecule has 1 aliphatic rings. The van der Waals surface area contributed by atoms with E-state index < -0.39 is 0 Å². The summed E-state index contributed by atoms with van der Waals surface area (Å²) in [6.07, 6.45) is 1.44. The highest BCUT2D eigenvalue weighted by atomic mass is 15.3. The highest BCUT2D eigenvalue weighted by Crippen LogP contribution is 2.32. The molecule has 3 heterocycles. The fourth-order valence-corrected chi connectivity index (χ4v) is 4.50. The maximum Gasteiger partial charge on any atom is 0.141 e. The SMILES string of the molecule is CC(Nc1ncnc(N)c1C(=N)c1ccccc1)c1cc2ccccc2nc1N1CCN(C)CC1. The van der Waals surface area contributed by atoms with Gasteiger partial charge < -0.3 is 20.9 Å². The van der Waals surface area contributed by atoms with Gasteiger partial charge in [-0.3, -0.25) is 5.41 Å². The Morgan fingerprint density at radius 3 is 2.49 bits per heavy atom. The zero-order chi connectivity index (χ0) is 24.4. The molecule has 1 atom stereocenters. The van der Waals surface area contributed by atoms with Crippen molar-refractivity contribution < 1.29 is 0 Å². The monoisotopic (exact) mass is 466 g/mol. The second-order valence-electron chi connectivity index (χ2n) is 8.97. The van der Waals surface area contributed by atoms with Crippen LogP contribution < -0.4 is 16.0 Å². The number of nitrogens with zero attached hydrogens (tertiary/aromatic N) is 5. The summed E-state index contributed by atoms with van der Waals surface area (Å²) in [5.41, 5.74) is 9.86. The van der Waals surface area contributed by atoms with E-state index in [1.54, 1.807) is 0 Å². The minimum Gasteiger partial charge on any atom is -0.383 e. The fraction of sp³-hybridized carbons (Fsp3) is 0.259. The number of piperazine rings is 1. The van der Waals surface area contributed by atoms with Crippen LogP contribution in [-0.2, 0) is 0 Å². The molecule has 0 radical (unpaired) electrons. The summed E-state index contributed by atoms with van der Waals surface area (Å²) >= 11 is 0. The molecule has 0 spiro atoms. The Bertz CT molecular complexity index is 1350. The molecule has 2 aromatic carbocycles. The van der Waals surface area contributed by atoms with E-state index in [0.717, 1.165) is 54.0 Å². The van der Waals surface area contributed by atoms with E-state index in [1.807, 2.05) is 42.5 Å². The molecule has 0 saturated carbocycles. The molecule has 178 valence electrons. The number of nitrogens with one attached hydrogen (secondary N) is 2. The summed E-state index contributed by atoms with van der Waals surface area (Å²) in [4.78, 5) is 18.4. The van der Waals surface area contributed by atoms with Crippen molar-refractivity contribution in [2.45, 2.75) is 13.0 Å². The molecular weight excluding hydrogens is 436 g/mol. The third-order valence-corrected chi connectivity index (χ3v) is 6.54. The van der Waals surface area contributed by atoms with Crippen molar-refractivity contribution in [1.29, 1.82) is 5.41 Å². The van der Waals surface area contributed by atoms with Gasteiger partial charge in [0.25, 0.3) is 0 Å². The van der Waals surface area contributed by atoms with Crippen molar-refractivity contribution >= 4 is 34.1 Å². The lowest BCUT2D eigenvalue weighted by Gasteiger charge is -2.35. The second kappa shape index (κ2) is 9.68. The van der Waals surface area contributed by atoms with Crippen LogP contribution >= 0.6 is 0 Å². The number of nitrogens with two attached hydrogens (primary N) is 1. The van der Waals surface area contributed by atoms with Crippen LogP contribution in [0.4, 0.5) is 17.5 Å². The normalized spacial score (nSPS) is 15.2. The summed E-state index contributed by atoms with van der Waals surface area (Å²) in [6, 6.07) is 19.8. The molecule has 35 heavy (non-hydrogen) atoms. The van der Waals surface area contributed by atoms with Gasteiger partial charge in [-0.1, -0.05) is 48.5 Å². The summed E-state index contributed by atoms with van der Waals surface area (Å²) in [5, 5.41) is 13.4. The number of anilines is 3. The van der Waals surface area contributed by atoms with Crippen LogP contribution in [0.5, 0.6) is 0 Å². The zero-order valence-corrected chi connectivity index (χ0v) is 20.1. The van der Waals surface area contributed by atoms with E-state index in [0.29, 0.717) is 11.4 Å². The van der Waals surface area contributed by atoms with Crippen LogP contribution in [0.3, 0.4) is 0 Å². The number of hydrogen-bond acceptors (Lipinski definition) is 8. The first-order valence-corrected chi connectivity index (χ1v) is 11.9. The molecule has 1 unspecified atom stereocenters. The molecule has 0 bridgehead atoms. The molecular formula is C27H30N8. The number of pyridine rings is 1. The van der Waals surface area contributed by atoms with Gasteiger partial charge in [0, 0.05) is 42.7 Å².